The Kier molecular flexibility index (Phi) is 9.96. The maximum atomic E-state index is 12.7. The lowest BCUT2D eigenvalue weighted by atomic mass is 10.0. The lowest BCUT2D eigenvalue weighted by Gasteiger charge is -2.20. The molecule has 2 aromatic rings. The van der Waals surface area contributed by atoms with Crippen molar-refractivity contribution in [1.82, 2.24) is 10.7 Å². The zero-order valence-corrected chi connectivity index (χ0v) is 21.2. The largest absolute Gasteiger partial charge is 0.493 e. The number of nitrogens with zero attached hydrogens (tertiary/aromatic N) is 1. The molecule has 2 amide bonds. The lowest BCUT2D eigenvalue weighted by molar-refractivity contribution is -0.123. The molecule has 0 saturated heterocycles. The van der Waals surface area contributed by atoms with E-state index < -0.39 is 6.04 Å². The molecule has 1 atom stereocenters. The van der Waals surface area contributed by atoms with Gasteiger partial charge in [-0.05, 0) is 71.7 Å². The van der Waals surface area contributed by atoms with Crippen LogP contribution in [-0.4, -0.2) is 37.8 Å². The Hall–Kier alpha value is -2.62. The van der Waals surface area contributed by atoms with Gasteiger partial charge in [-0.25, -0.2) is 5.43 Å². The van der Waals surface area contributed by atoms with Crippen LogP contribution in [0.4, 0.5) is 0 Å². The number of halogens is 1. The van der Waals surface area contributed by atoms with E-state index in [1.165, 1.54) is 6.21 Å². The Bertz CT molecular complexity index is 958. The van der Waals surface area contributed by atoms with Crippen molar-refractivity contribution in [3.8, 4) is 11.5 Å². The average molecular weight is 551 g/mol. The van der Waals surface area contributed by atoms with Gasteiger partial charge in [-0.15, -0.1) is 0 Å². The summed E-state index contributed by atoms with van der Waals surface area (Å²) in [5.41, 5.74) is 4.84. The summed E-state index contributed by atoms with van der Waals surface area (Å²) in [5, 5.41) is 6.86. The maximum absolute atomic E-state index is 12.7. The Labute approximate surface area is 203 Å². The number of carbonyl (C=O) groups is 2. The van der Waals surface area contributed by atoms with Gasteiger partial charge in [0.1, 0.15) is 6.04 Å². The Balaban J connectivity index is 2.07. The van der Waals surface area contributed by atoms with E-state index in [0.29, 0.717) is 23.7 Å². The number of hydrogen-bond donors (Lipinski definition) is 2. The standard InChI is InChI=1S/C24H30IN3O4/c1-6-11-32-22-19(25)12-17(13-20(22)31-5)14-26-28-24(30)21(15(2)3)27-23(29)18-9-7-16(4)8-10-18/h7-10,12-15,21H,6,11H2,1-5H3,(H,27,29)(H,28,30)/b26-14+. The molecule has 172 valence electrons. The van der Waals surface area contributed by atoms with E-state index in [4.69, 9.17) is 9.47 Å². The fraction of sp³-hybridized carbons (Fsp3) is 0.375. The van der Waals surface area contributed by atoms with Gasteiger partial charge >= 0.3 is 0 Å². The summed E-state index contributed by atoms with van der Waals surface area (Å²) in [6.07, 6.45) is 2.43. The third-order valence-corrected chi connectivity index (χ3v) is 5.44. The van der Waals surface area contributed by atoms with Crippen LogP contribution in [-0.2, 0) is 4.79 Å². The molecule has 1 unspecified atom stereocenters. The van der Waals surface area contributed by atoms with Crippen molar-refractivity contribution in [3.05, 3.63) is 56.7 Å². The van der Waals surface area contributed by atoms with E-state index in [0.717, 1.165) is 21.1 Å². The summed E-state index contributed by atoms with van der Waals surface area (Å²) in [5.74, 6) is 0.486. The van der Waals surface area contributed by atoms with E-state index >= 15 is 0 Å². The zero-order valence-electron chi connectivity index (χ0n) is 19.1. The fourth-order valence-electron chi connectivity index (χ4n) is 2.86. The number of amides is 2. The summed E-state index contributed by atoms with van der Waals surface area (Å²) in [6, 6.07) is 10.2. The molecule has 0 aromatic heterocycles. The fourth-order valence-corrected chi connectivity index (χ4v) is 3.64. The zero-order chi connectivity index (χ0) is 23.7. The minimum absolute atomic E-state index is 0.115. The molecule has 0 aliphatic carbocycles. The van der Waals surface area contributed by atoms with Gasteiger partial charge < -0.3 is 14.8 Å². The first-order valence-electron chi connectivity index (χ1n) is 10.5. The van der Waals surface area contributed by atoms with Gasteiger partial charge in [0.2, 0.25) is 0 Å². The number of carbonyl (C=O) groups excluding carboxylic acids is 2. The molecule has 0 heterocycles. The smallest absolute Gasteiger partial charge is 0.262 e. The minimum Gasteiger partial charge on any atom is -0.493 e. The predicted molar refractivity (Wildman–Crippen MR) is 135 cm³/mol. The average Bonchev–Trinajstić information content (AvgIpc) is 2.76. The van der Waals surface area contributed by atoms with E-state index in [1.807, 2.05) is 45.9 Å². The maximum Gasteiger partial charge on any atom is 0.262 e. The van der Waals surface area contributed by atoms with E-state index in [1.54, 1.807) is 25.3 Å². The number of nitrogens with one attached hydrogen (secondary N) is 2. The molecule has 2 N–H and O–H groups in total. The van der Waals surface area contributed by atoms with Gasteiger partial charge in [0.15, 0.2) is 11.5 Å². The van der Waals surface area contributed by atoms with Gasteiger partial charge in [-0.2, -0.15) is 5.10 Å². The highest BCUT2D eigenvalue weighted by atomic mass is 127. The first-order chi connectivity index (χ1) is 15.3. The van der Waals surface area contributed by atoms with Crippen molar-refractivity contribution >= 4 is 40.6 Å². The molecule has 2 aromatic carbocycles. The quantitative estimate of drug-likeness (QED) is 0.262. The molecule has 32 heavy (non-hydrogen) atoms. The molecule has 0 spiro atoms. The predicted octanol–water partition coefficient (Wildman–Crippen LogP) is 4.30. The molecule has 8 heteroatoms. The molecule has 0 radical (unpaired) electrons. The van der Waals surface area contributed by atoms with Crippen LogP contribution in [0.2, 0.25) is 0 Å². The molecule has 0 aliphatic heterocycles. The molecule has 0 saturated carbocycles. The lowest BCUT2D eigenvalue weighted by Crippen LogP contribution is -2.48. The Morgan fingerprint density at radius 1 is 1.19 bits per heavy atom. The number of ether oxygens (including phenoxy) is 2. The molecular formula is C24H30IN3O4. The van der Waals surface area contributed by atoms with Gasteiger partial charge in [0.05, 0.1) is 23.5 Å². The van der Waals surface area contributed by atoms with Crippen LogP contribution in [0.1, 0.15) is 48.7 Å². The third-order valence-electron chi connectivity index (χ3n) is 4.64. The van der Waals surface area contributed by atoms with Crippen molar-refractivity contribution in [2.75, 3.05) is 13.7 Å². The van der Waals surface area contributed by atoms with Crippen LogP contribution in [0.3, 0.4) is 0 Å². The monoisotopic (exact) mass is 551 g/mol. The van der Waals surface area contributed by atoms with Crippen molar-refractivity contribution in [1.29, 1.82) is 0 Å². The first-order valence-corrected chi connectivity index (χ1v) is 11.6. The Morgan fingerprint density at radius 2 is 1.88 bits per heavy atom. The van der Waals surface area contributed by atoms with Crippen molar-refractivity contribution < 1.29 is 19.1 Å². The second-order valence-corrected chi connectivity index (χ2v) is 8.84. The molecule has 0 bridgehead atoms. The normalized spacial score (nSPS) is 12.0. The van der Waals surface area contributed by atoms with Crippen LogP contribution < -0.4 is 20.2 Å². The van der Waals surface area contributed by atoms with Gasteiger partial charge in [-0.1, -0.05) is 38.5 Å². The SMILES string of the molecule is CCCOc1c(I)cc(/C=N/NC(=O)C(NC(=O)c2ccc(C)cc2)C(C)C)cc1OC. The van der Waals surface area contributed by atoms with Crippen LogP contribution in [0.15, 0.2) is 41.5 Å². The summed E-state index contributed by atoms with van der Waals surface area (Å²) in [7, 11) is 1.58. The number of rotatable bonds is 10. The van der Waals surface area contributed by atoms with Crippen LogP contribution in [0.5, 0.6) is 11.5 Å². The number of methoxy groups -OCH3 is 1. The van der Waals surface area contributed by atoms with E-state index in [-0.39, 0.29) is 17.7 Å². The highest BCUT2D eigenvalue weighted by Crippen LogP contribution is 2.33. The summed E-state index contributed by atoms with van der Waals surface area (Å²) in [6.45, 7) is 8.32. The van der Waals surface area contributed by atoms with Gasteiger partial charge in [-0.3, -0.25) is 9.59 Å². The Morgan fingerprint density at radius 3 is 2.47 bits per heavy atom. The molecule has 0 aliphatic rings. The number of hydrazone groups is 1. The molecular weight excluding hydrogens is 521 g/mol. The highest BCUT2D eigenvalue weighted by Gasteiger charge is 2.24. The highest BCUT2D eigenvalue weighted by molar-refractivity contribution is 14.1. The number of hydrogen-bond acceptors (Lipinski definition) is 5. The number of aryl methyl sites for hydroxylation is 1. The van der Waals surface area contributed by atoms with Crippen LogP contribution in [0, 0.1) is 16.4 Å². The molecule has 7 nitrogen and oxygen atoms in total. The summed E-state index contributed by atoms with van der Waals surface area (Å²) < 4.78 is 12.1. The first kappa shape index (κ1) is 25.6. The minimum atomic E-state index is -0.722. The van der Waals surface area contributed by atoms with Gasteiger partial charge in [0.25, 0.3) is 11.8 Å². The third kappa shape index (κ3) is 7.22. The van der Waals surface area contributed by atoms with Crippen LogP contribution in [0.25, 0.3) is 0 Å². The molecule has 0 fully saturated rings. The topological polar surface area (TPSA) is 89.0 Å². The van der Waals surface area contributed by atoms with E-state index in [2.05, 4.69) is 38.4 Å². The molecule has 2 rings (SSSR count). The second kappa shape index (κ2) is 12.4. The van der Waals surface area contributed by atoms with Crippen molar-refractivity contribution in [2.45, 2.75) is 40.2 Å². The van der Waals surface area contributed by atoms with Crippen molar-refractivity contribution in [2.24, 2.45) is 11.0 Å². The summed E-state index contributed by atoms with van der Waals surface area (Å²) >= 11 is 2.18. The van der Waals surface area contributed by atoms with Gasteiger partial charge in [0, 0.05) is 5.56 Å². The summed E-state index contributed by atoms with van der Waals surface area (Å²) in [4.78, 5) is 25.2. The van der Waals surface area contributed by atoms with Crippen LogP contribution >= 0.6 is 22.6 Å². The van der Waals surface area contributed by atoms with Crippen molar-refractivity contribution in [3.63, 3.8) is 0 Å². The second-order valence-electron chi connectivity index (χ2n) is 7.68. The van der Waals surface area contributed by atoms with E-state index in [9.17, 15) is 9.59 Å². The number of benzene rings is 2.